The molecule has 1 N–H and O–H groups in total. The highest BCUT2D eigenvalue weighted by Crippen LogP contribution is 2.11. The highest BCUT2D eigenvalue weighted by molar-refractivity contribution is 5.14. The van der Waals surface area contributed by atoms with Crippen LogP contribution >= 0.6 is 0 Å². The minimum absolute atomic E-state index is 0.352. The second kappa shape index (κ2) is 10.9. The number of hydrogen-bond acceptors (Lipinski definition) is 2. The van der Waals surface area contributed by atoms with E-state index in [-0.39, 0.29) is 0 Å². The van der Waals surface area contributed by atoms with E-state index >= 15 is 0 Å². The molecule has 1 aromatic rings. The number of likely N-dealkylation sites (N-methyl/N-ethyl adjacent to an activating group) is 1. The summed E-state index contributed by atoms with van der Waals surface area (Å²) in [6.07, 6.45) is 6.06. The Morgan fingerprint density at radius 2 is 1.85 bits per heavy atom. The Morgan fingerprint density at radius 3 is 2.45 bits per heavy atom. The van der Waals surface area contributed by atoms with Crippen LogP contribution in [0, 0.1) is 0 Å². The molecule has 1 aromatic carbocycles. The largest absolute Gasteiger partial charge is 0.377 e. The summed E-state index contributed by atoms with van der Waals surface area (Å²) in [5.74, 6) is 0. The summed E-state index contributed by atoms with van der Waals surface area (Å²) in [6, 6.07) is 11.2. The molecule has 0 heterocycles. The van der Waals surface area contributed by atoms with Gasteiger partial charge < -0.3 is 10.1 Å². The molecule has 2 nitrogen and oxygen atoms in total. The predicted octanol–water partition coefficient (Wildman–Crippen LogP) is 4.19. The van der Waals surface area contributed by atoms with Crippen molar-refractivity contribution in [2.45, 2.75) is 65.0 Å². The molecule has 0 saturated heterocycles. The van der Waals surface area contributed by atoms with Crippen molar-refractivity contribution >= 4 is 0 Å². The Hall–Kier alpha value is -0.860. The zero-order valence-corrected chi connectivity index (χ0v) is 13.4. The predicted molar refractivity (Wildman–Crippen MR) is 87.2 cm³/mol. The quantitative estimate of drug-likeness (QED) is 0.612. The molecule has 2 heteroatoms. The van der Waals surface area contributed by atoms with Crippen molar-refractivity contribution in [3.8, 4) is 0 Å². The summed E-state index contributed by atoms with van der Waals surface area (Å²) >= 11 is 0. The second-order valence-corrected chi connectivity index (χ2v) is 5.36. The molecule has 0 aromatic heterocycles. The zero-order valence-electron chi connectivity index (χ0n) is 13.4. The van der Waals surface area contributed by atoms with E-state index in [1.54, 1.807) is 0 Å². The van der Waals surface area contributed by atoms with Crippen LogP contribution < -0.4 is 5.32 Å². The van der Waals surface area contributed by atoms with Crippen LogP contribution in [0.2, 0.25) is 0 Å². The molecule has 0 spiro atoms. The van der Waals surface area contributed by atoms with E-state index in [0.29, 0.717) is 12.1 Å². The second-order valence-electron chi connectivity index (χ2n) is 5.36. The molecule has 0 bridgehead atoms. The maximum atomic E-state index is 6.12. The summed E-state index contributed by atoms with van der Waals surface area (Å²) in [6.45, 7) is 8.52. The van der Waals surface area contributed by atoms with Crippen molar-refractivity contribution in [2.24, 2.45) is 0 Å². The zero-order chi connectivity index (χ0) is 14.6. The van der Waals surface area contributed by atoms with Gasteiger partial charge in [-0.2, -0.15) is 0 Å². The van der Waals surface area contributed by atoms with E-state index in [0.717, 1.165) is 32.4 Å². The van der Waals surface area contributed by atoms with Crippen LogP contribution in [0.25, 0.3) is 0 Å². The number of nitrogens with one attached hydrogen (secondary N) is 1. The van der Waals surface area contributed by atoms with Gasteiger partial charge in [-0.1, -0.05) is 57.5 Å². The summed E-state index contributed by atoms with van der Waals surface area (Å²) in [4.78, 5) is 0. The van der Waals surface area contributed by atoms with E-state index in [2.05, 4.69) is 56.4 Å². The smallest absolute Gasteiger partial charge is 0.0725 e. The lowest BCUT2D eigenvalue weighted by atomic mass is 10.0. The number of benzene rings is 1. The molecule has 114 valence electrons. The number of ether oxygens (including phenoxy) is 1. The van der Waals surface area contributed by atoms with Gasteiger partial charge in [-0.15, -0.1) is 0 Å². The minimum atomic E-state index is 0.352. The normalized spacial score (nSPS) is 14.2. The molecule has 0 radical (unpaired) electrons. The fraction of sp³-hybridized carbons (Fsp3) is 0.667. The van der Waals surface area contributed by atoms with Crippen molar-refractivity contribution in [2.75, 3.05) is 13.2 Å². The van der Waals surface area contributed by atoms with Crippen LogP contribution in [0.3, 0.4) is 0 Å². The van der Waals surface area contributed by atoms with Crippen molar-refractivity contribution in [3.05, 3.63) is 35.9 Å². The van der Waals surface area contributed by atoms with Gasteiger partial charge in [-0.05, 0) is 37.8 Å². The molecule has 0 amide bonds. The van der Waals surface area contributed by atoms with Gasteiger partial charge in [-0.3, -0.25) is 0 Å². The highest BCUT2D eigenvalue weighted by Gasteiger charge is 2.18. The Kier molecular flexibility index (Phi) is 9.35. The average Bonchev–Trinajstić information content (AvgIpc) is 2.48. The first-order valence-corrected chi connectivity index (χ1v) is 8.20. The van der Waals surface area contributed by atoms with E-state index in [9.17, 15) is 0 Å². The third-order valence-corrected chi connectivity index (χ3v) is 3.70. The molecular formula is C18H31NO. The highest BCUT2D eigenvalue weighted by atomic mass is 16.5. The summed E-state index contributed by atoms with van der Waals surface area (Å²) in [7, 11) is 0. The van der Waals surface area contributed by atoms with E-state index in [4.69, 9.17) is 4.74 Å². The maximum absolute atomic E-state index is 6.12. The maximum Gasteiger partial charge on any atom is 0.0725 e. The van der Waals surface area contributed by atoms with Gasteiger partial charge in [0.1, 0.15) is 0 Å². The van der Waals surface area contributed by atoms with Gasteiger partial charge in [0.15, 0.2) is 0 Å². The number of hydrogen-bond donors (Lipinski definition) is 1. The van der Waals surface area contributed by atoms with Crippen LogP contribution in [-0.2, 0) is 11.2 Å². The SMILES string of the molecule is CCCC(NCC)C(CC)OCCCc1ccccc1. The van der Waals surface area contributed by atoms with Gasteiger partial charge in [0, 0.05) is 12.6 Å². The third kappa shape index (κ3) is 6.53. The fourth-order valence-electron chi connectivity index (χ4n) is 2.67. The average molecular weight is 277 g/mol. The van der Waals surface area contributed by atoms with Gasteiger partial charge in [0.25, 0.3) is 0 Å². The number of rotatable bonds is 11. The number of aryl methyl sites for hydroxylation is 1. The molecule has 20 heavy (non-hydrogen) atoms. The van der Waals surface area contributed by atoms with Gasteiger partial charge in [0.05, 0.1) is 6.10 Å². The molecule has 2 unspecified atom stereocenters. The molecule has 0 saturated carbocycles. The molecule has 0 aliphatic heterocycles. The molecule has 0 aliphatic carbocycles. The monoisotopic (exact) mass is 277 g/mol. The van der Waals surface area contributed by atoms with Crippen molar-refractivity contribution < 1.29 is 4.74 Å². The Balaban J connectivity index is 2.29. The lowest BCUT2D eigenvalue weighted by Gasteiger charge is -2.27. The van der Waals surface area contributed by atoms with Crippen LogP contribution in [-0.4, -0.2) is 25.3 Å². The van der Waals surface area contributed by atoms with Gasteiger partial charge in [-0.25, -0.2) is 0 Å². The molecule has 1 rings (SSSR count). The third-order valence-electron chi connectivity index (χ3n) is 3.70. The van der Waals surface area contributed by atoms with Crippen molar-refractivity contribution in [3.63, 3.8) is 0 Å². The van der Waals surface area contributed by atoms with Crippen LogP contribution in [0.1, 0.15) is 52.0 Å². The first-order valence-electron chi connectivity index (χ1n) is 8.20. The van der Waals surface area contributed by atoms with Gasteiger partial charge >= 0.3 is 0 Å². The lowest BCUT2D eigenvalue weighted by molar-refractivity contribution is 0.0207. The van der Waals surface area contributed by atoms with Crippen molar-refractivity contribution in [1.82, 2.24) is 5.32 Å². The Labute approximate surface area is 124 Å². The molecule has 0 fully saturated rings. The van der Waals surface area contributed by atoms with E-state index in [1.807, 2.05) is 0 Å². The topological polar surface area (TPSA) is 21.3 Å². The Bertz CT molecular complexity index is 319. The summed E-state index contributed by atoms with van der Waals surface area (Å²) < 4.78 is 6.12. The van der Waals surface area contributed by atoms with Crippen LogP contribution in [0.15, 0.2) is 30.3 Å². The van der Waals surface area contributed by atoms with Crippen LogP contribution in [0.5, 0.6) is 0 Å². The fourth-order valence-corrected chi connectivity index (χ4v) is 2.67. The minimum Gasteiger partial charge on any atom is -0.377 e. The first kappa shape index (κ1) is 17.2. The standard InChI is InChI=1S/C18H31NO/c1-4-11-17(19-6-3)18(5-2)20-15-10-14-16-12-8-7-9-13-16/h7-9,12-13,17-19H,4-6,10-11,14-15H2,1-3H3. The van der Waals surface area contributed by atoms with Gasteiger partial charge in [0.2, 0.25) is 0 Å². The van der Waals surface area contributed by atoms with E-state index in [1.165, 1.54) is 18.4 Å². The van der Waals surface area contributed by atoms with E-state index < -0.39 is 0 Å². The lowest BCUT2D eigenvalue weighted by Crippen LogP contribution is -2.41. The summed E-state index contributed by atoms with van der Waals surface area (Å²) in [5, 5.41) is 3.57. The Morgan fingerprint density at radius 1 is 1.10 bits per heavy atom. The van der Waals surface area contributed by atoms with Crippen LogP contribution in [0.4, 0.5) is 0 Å². The molecular weight excluding hydrogens is 246 g/mol. The first-order chi connectivity index (χ1) is 9.81. The molecule has 2 atom stereocenters. The summed E-state index contributed by atoms with van der Waals surface area (Å²) in [5.41, 5.74) is 1.40. The molecule has 0 aliphatic rings. The van der Waals surface area contributed by atoms with Crippen molar-refractivity contribution in [1.29, 1.82) is 0 Å².